The number of thiazole rings is 1. The van der Waals surface area contributed by atoms with Crippen LogP contribution < -0.4 is 9.62 Å². The Morgan fingerprint density at radius 1 is 1.21 bits per heavy atom. The van der Waals surface area contributed by atoms with Gasteiger partial charge in [0.25, 0.3) is 0 Å². The van der Waals surface area contributed by atoms with Gasteiger partial charge in [0.15, 0.2) is 0 Å². The fourth-order valence-corrected chi connectivity index (χ4v) is 7.12. The van der Waals surface area contributed by atoms with Crippen molar-refractivity contribution in [3.63, 3.8) is 0 Å². The molecular weight excluding hydrogens is 530 g/mol. The van der Waals surface area contributed by atoms with Crippen molar-refractivity contribution in [2.24, 2.45) is 7.05 Å². The van der Waals surface area contributed by atoms with Crippen molar-refractivity contribution >= 4 is 33.0 Å². The number of nitrogens with zero attached hydrogens (tertiary/aromatic N) is 4. The third-order valence-corrected chi connectivity index (χ3v) is 9.70. The lowest BCUT2D eigenvalue weighted by atomic mass is 9.87. The topological polar surface area (TPSA) is 97.2 Å². The van der Waals surface area contributed by atoms with E-state index in [1.807, 2.05) is 61.3 Å². The summed E-state index contributed by atoms with van der Waals surface area (Å²) >= 11 is 1.55. The molecule has 1 N–H and O–H groups in total. The number of hydrogen-bond donors (Lipinski definition) is 1. The maximum Gasteiger partial charge on any atom is 0.241 e. The number of fused-ring (bicyclic) bond motifs is 1. The Labute approximate surface area is 233 Å². The van der Waals surface area contributed by atoms with E-state index in [2.05, 4.69) is 14.7 Å². The minimum absolute atomic E-state index is 0.0205. The summed E-state index contributed by atoms with van der Waals surface area (Å²) in [5.74, 6) is 0.709. The molecule has 0 saturated carbocycles. The summed E-state index contributed by atoms with van der Waals surface area (Å²) in [6, 6.07) is 12.5. The van der Waals surface area contributed by atoms with E-state index in [0.29, 0.717) is 19.4 Å². The van der Waals surface area contributed by atoms with Crippen LogP contribution in [0.2, 0.25) is 0 Å². The lowest BCUT2D eigenvalue weighted by Gasteiger charge is -2.30. The summed E-state index contributed by atoms with van der Waals surface area (Å²) in [6.45, 7) is 4.20. The van der Waals surface area contributed by atoms with Gasteiger partial charge in [0, 0.05) is 55.1 Å². The first-order chi connectivity index (χ1) is 18.7. The minimum Gasteiger partial charge on any atom is -0.337 e. The number of carbonyl (C=O) groups is 1. The predicted molar refractivity (Wildman–Crippen MR) is 153 cm³/mol. The Morgan fingerprint density at radius 3 is 2.77 bits per heavy atom. The van der Waals surface area contributed by atoms with Crippen LogP contribution in [0.25, 0.3) is 0 Å². The Kier molecular flexibility index (Phi) is 7.97. The van der Waals surface area contributed by atoms with Gasteiger partial charge in [0.1, 0.15) is 5.82 Å². The molecule has 0 radical (unpaired) electrons. The molecule has 0 spiro atoms. The molecule has 1 aliphatic carbocycles. The summed E-state index contributed by atoms with van der Waals surface area (Å²) in [5.41, 5.74) is 3.64. The van der Waals surface area contributed by atoms with Crippen molar-refractivity contribution in [1.29, 1.82) is 0 Å². The summed E-state index contributed by atoms with van der Waals surface area (Å²) in [6.07, 6.45) is 8.09. The van der Waals surface area contributed by atoms with Crippen molar-refractivity contribution in [3.8, 4) is 0 Å². The number of benzene rings is 2. The van der Waals surface area contributed by atoms with Crippen LogP contribution in [0.1, 0.15) is 65.7 Å². The third kappa shape index (κ3) is 6.13. The van der Waals surface area contributed by atoms with Crippen molar-refractivity contribution in [1.82, 2.24) is 19.3 Å². The molecule has 2 heterocycles. The number of aryl methyl sites for hydroxylation is 3. The summed E-state index contributed by atoms with van der Waals surface area (Å²) in [7, 11) is -1.80. The molecule has 10 heteroatoms. The lowest BCUT2D eigenvalue weighted by molar-refractivity contribution is -0.119. The zero-order valence-corrected chi connectivity index (χ0v) is 24.0. The van der Waals surface area contributed by atoms with Gasteiger partial charge in [-0.1, -0.05) is 25.1 Å². The highest BCUT2D eigenvalue weighted by atomic mass is 32.2. The van der Waals surface area contributed by atoms with Gasteiger partial charge >= 0.3 is 0 Å². The van der Waals surface area contributed by atoms with Gasteiger partial charge in [-0.25, -0.2) is 23.1 Å². The Balaban J connectivity index is 1.46. The van der Waals surface area contributed by atoms with Crippen LogP contribution in [0.3, 0.4) is 0 Å². The standard InChI is InChI=1S/C29H33N5O3S2/c1-20-6-4-8-24(16-20)39(36,37)32-26-9-5-7-22-10-11-23(18-25(22)26)34(19-27-30-12-14-33(27)3)28(35)17-21(2)29-31-13-15-38-29/h4,6,8,10-16,18,21,26,32H,5,7,9,17,19H2,1-3H3/t21-,26+/m1/s1. The highest BCUT2D eigenvalue weighted by molar-refractivity contribution is 7.89. The molecule has 1 aliphatic rings. The molecule has 0 bridgehead atoms. The summed E-state index contributed by atoms with van der Waals surface area (Å²) < 4.78 is 31.4. The fraction of sp³-hybridized carbons (Fsp3) is 0.345. The first-order valence-electron chi connectivity index (χ1n) is 13.1. The molecule has 0 aliphatic heterocycles. The van der Waals surface area contributed by atoms with Crippen LogP contribution in [-0.4, -0.2) is 28.9 Å². The van der Waals surface area contributed by atoms with Crippen LogP contribution in [-0.2, 0) is 34.8 Å². The van der Waals surface area contributed by atoms with E-state index < -0.39 is 10.0 Å². The zero-order chi connectivity index (χ0) is 27.6. The van der Waals surface area contributed by atoms with E-state index in [0.717, 1.165) is 46.1 Å². The number of carbonyl (C=O) groups excluding carboxylic acids is 1. The second kappa shape index (κ2) is 11.4. The first-order valence-corrected chi connectivity index (χ1v) is 15.5. The maximum absolute atomic E-state index is 13.7. The lowest BCUT2D eigenvalue weighted by Crippen LogP contribution is -2.34. The van der Waals surface area contributed by atoms with Crippen molar-refractivity contribution < 1.29 is 13.2 Å². The number of sulfonamides is 1. The third-order valence-electron chi connectivity index (χ3n) is 7.23. The van der Waals surface area contributed by atoms with E-state index in [4.69, 9.17) is 0 Å². The van der Waals surface area contributed by atoms with Crippen molar-refractivity contribution in [2.75, 3.05) is 4.90 Å². The first kappa shape index (κ1) is 27.2. The van der Waals surface area contributed by atoms with Crippen LogP contribution >= 0.6 is 11.3 Å². The molecule has 39 heavy (non-hydrogen) atoms. The zero-order valence-electron chi connectivity index (χ0n) is 22.4. The summed E-state index contributed by atoms with van der Waals surface area (Å²) in [5, 5.41) is 2.85. The van der Waals surface area contributed by atoms with Gasteiger partial charge in [-0.15, -0.1) is 11.3 Å². The van der Waals surface area contributed by atoms with Gasteiger partial charge in [-0.05, 0) is 67.1 Å². The average Bonchev–Trinajstić information content (AvgIpc) is 3.59. The molecule has 5 rings (SSSR count). The van der Waals surface area contributed by atoms with E-state index in [-0.39, 0.29) is 22.8 Å². The van der Waals surface area contributed by atoms with E-state index >= 15 is 0 Å². The van der Waals surface area contributed by atoms with Gasteiger partial charge in [0.2, 0.25) is 15.9 Å². The van der Waals surface area contributed by atoms with Crippen LogP contribution in [0, 0.1) is 6.92 Å². The Hall–Kier alpha value is -3.34. The molecule has 8 nitrogen and oxygen atoms in total. The van der Waals surface area contributed by atoms with Crippen LogP contribution in [0.4, 0.5) is 5.69 Å². The molecule has 0 unspecified atom stereocenters. The van der Waals surface area contributed by atoms with E-state index in [9.17, 15) is 13.2 Å². The minimum atomic E-state index is -3.71. The number of imidazole rings is 1. The van der Waals surface area contributed by atoms with Crippen molar-refractivity contribution in [3.05, 3.63) is 94.0 Å². The van der Waals surface area contributed by atoms with Gasteiger partial charge < -0.3 is 9.47 Å². The maximum atomic E-state index is 13.7. The molecule has 1 amide bonds. The molecule has 2 atom stereocenters. The second-order valence-electron chi connectivity index (χ2n) is 10.2. The molecule has 0 saturated heterocycles. The number of nitrogens with one attached hydrogen (secondary N) is 1. The smallest absolute Gasteiger partial charge is 0.241 e. The molecule has 0 fully saturated rings. The van der Waals surface area contributed by atoms with E-state index in [1.54, 1.807) is 46.8 Å². The molecule has 2 aromatic carbocycles. The number of anilines is 1. The number of rotatable bonds is 9. The molecule has 4 aromatic rings. The van der Waals surface area contributed by atoms with Crippen LogP contribution in [0.5, 0.6) is 0 Å². The summed E-state index contributed by atoms with van der Waals surface area (Å²) in [4.78, 5) is 24.6. The van der Waals surface area contributed by atoms with Gasteiger partial charge in [-0.2, -0.15) is 0 Å². The quantitative estimate of drug-likeness (QED) is 0.299. The van der Waals surface area contributed by atoms with Gasteiger partial charge in [0.05, 0.1) is 16.4 Å². The fourth-order valence-electron chi connectivity index (χ4n) is 5.07. The number of amides is 1. The number of hydrogen-bond acceptors (Lipinski definition) is 6. The Morgan fingerprint density at radius 2 is 2.05 bits per heavy atom. The van der Waals surface area contributed by atoms with Crippen molar-refractivity contribution in [2.45, 2.75) is 62.9 Å². The second-order valence-corrected chi connectivity index (χ2v) is 12.8. The normalized spacial score (nSPS) is 16.0. The SMILES string of the molecule is Cc1cccc(S(=O)(=O)N[C@H]2CCCc3ccc(N(Cc4nccn4C)C(=O)C[C@@H](C)c4nccs4)cc32)c1. The highest BCUT2D eigenvalue weighted by Gasteiger charge is 2.28. The highest BCUT2D eigenvalue weighted by Crippen LogP contribution is 2.35. The van der Waals surface area contributed by atoms with Gasteiger partial charge in [-0.3, -0.25) is 4.79 Å². The Bertz CT molecular complexity index is 1560. The van der Waals surface area contributed by atoms with Crippen LogP contribution in [0.15, 0.2) is 71.3 Å². The molecule has 2 aromatic heterocycles. The monoisotopic (exact) mass is 563 g/mol. The molecule has 204 valence electrons. The number of aromatic nitrogens is 3. The largest absolute Gasteiger partial charge is 0.337 e. The molecular formula is C29H33N5O3S2. The predicted octanol–water partition coefficient (Wildman–Crippen LogP) is 5.27. The average molecular weight is 564 g/mol. The van der Waals surface area contributed by atoms with E-state index in [1.165, 1.54) is 0 Å².